The molecular formula is C21H27Cl2N7. The van der Waals surface area contributed by atoms with E-state index in [4.69, 9.17) is 28.3 Å². The molecule has 1 aliphatic rings. The SMILES string of the molecule is CN1CCN(CCC(C)(C)Nc2ccc3nnc(-c4cc(Cl)cc(Cl)c4)n3n2)CC1. The van der Waals surface area contributed by atoms with Crippen LogP contribution in [-0.4, -0.2) is 74.9 Å². The number of benzene rings is 1. The van der Waals surface area contributed by atoms with Crippen LogP contribution in [0.1, 0.15) is 20.3 Å². The van der Waals surface area contributed by atoms with Crippen molar-refractivity contribution < 1.29 is 0 Å². The molecule has 1 fully saturated rings. The fraction of sp³-hybridized carbons (Fsp3) is 0.476. The van der Waals surface area contributed by atoms with Crippen molar-refractivity contribution >= 4 is 34.7 Å². The van der Waals surface area contributed by atoms with Gasteiger partial charge >= 0.3 is 0 Å². The number of halogens is 2. The molecule has 1 N–H and O–H groups in total. The van der Waals surface area contributed by atoms with E-state index in [-0.39, 0.29) is 5.54 Å². The van der Waals surface area contributed by atoms with Crippen LogP contribution in [0.25, 0.3) is 17.0 Å². The first-order valence-electron chi connectivity index (χ1n) is 10.2. The molecule has 1 aliphatic heterocycles. The molecule has 160 valence electrons. The number of hydrogen-bond donors (Lipinski definition) is 1. The van der Waals surface area contributed by atoms with Crippen LogP contribution in [0.5, 0.6) is 0 Å². The first-order chi connectivity index (χ1) is 14.3. The Labute approximate surface area is 187 Å². The molecule has 0 unspecified atom stereocenters. The van der Waals surface area contributed by atoms with Gasteiger partial charge in [0.2, 0.25) is 0 Å². The predicted molar refractivity (Wildman–Crippen MR) is 122 cm³/mol. The molecule has 0 saturated carbocycles. The Morgan fingerprint density at radius 2 is 1.70 bits per heavy atom. The first kappa shape index (κ1) is 21.3. The van der Waals surface area contributed by atoms with Crippen LogP contribution >= 0.6 is 23.2 Å². The van der Waals surface area contributed by atoms with Crippen molar-refractivity contribution in [2.24, 2.45) is 0 Å². The Morgan fingerprint density at radius 3 is 2.40 bits per heavy atom. The second-order valence-electron chi connectivity index (χ2n) is 8.57. The maximum absolute atomic E-state index is 6.16. The quantitative estimate of drug-likeness (QED) is 0.617. The number of aromatic nitrogens is 4. The molecule has 0 radical (unpaired) electrons. The standard InChI is InChI=1S/C21H27Cl2N7/c1-21(2,6-7-29-10-8-28(3)9-11-29)24-18-4-5-19-25-26-20(30(19)27-18)15-12-16(22)14-17(23)13-15/h4-5,12-14H,6-11H2,1-3H3,(H,24,27). The zero-order valence-electron chi connectivity index (χ0n) is 17.6. The Kier molecular flexibility index (Phi) is 6.16. The minimum Gasteiger partial charge on any atom is -0.364 e. The molecule has 0 atom stereocenters. The van der Waals surface area contributed by atoms with E-state index >= 15 is 0 Å². The third-order valence-electron chi connectivity index (χ3n) is 5.50. The van der Waals surface area contributed by atoms with E-state index in [2.05, 4.69) is 46.2 Å². The van der Waals surface area contributed by atoms with E-state index < -0.39 is 0 Å². The lowest BCUT2D eigenvalue weighted by atomic mass is 10.00. The van der Waals surface area contributed by atoms with Crippen molar-refractivity contribution in [3.05, 3.63) is 40.4 Å². The zero-order chi connectivity index (χ0) is 21.3. The van der Waals surface area contributed by atoms with Crippen molar-refractivity contribution in [2.45, 2.75) is 25.8 Å². The van der Waals surface area contributed by atoms with E-state index in [1.165, 1.54) is 0 Å². The van der Waals surface area contributed by atoms with Crippen LogP contribution < -0.4 is 5.32 Å². The lowest BCUT2D eigenvalue weighted by Crippen LogP contribution is -2.46. The number of likely N-dealkylation sites (N-methyl/N-ethyl adjacent to an activating group) is 1. The maximum Gasteiger partial charge on any atom is 0.185 e. The molecule has 9 heteroatoms. The first-order valence-corrected chi connectivity index (χ1v) is 10.9. The molecule has 7 nitrogen and oxygen atoms in total. The minimum atomic E-state index is -0.0996. The summed E-state index contributed by atoms with van der Waals surface area (Å²) in [6, 6.07) is 9.17. The summed E-state index contributed by atoms with van der Waals surface area (Å²) in [7, 11) is 2.18. The number of nitrogens with one attached hydrogen (secondary N) is 1. The molecule has 0 spiro atoms. The van der Waals surface area contributed by atoms with Gasteiger partial charge in [0, 0.05) is 53.9 Å². The van der Waals surface area contributed by atoms with E-state index in [1.54, 1.807) is 10.6 Å². The Balaban J connectivity index is 1.50. The van der Waals surface area contributed by atoms with Crippen LogP contribution in [-0.2, 0) is 0 Å². The minimum absolute atomic E-state index is 0.0996. The summed E-state index contributed by atoms with van der Waals surface area (Å²) in [6.07, 6.45) is 1.02. The summed E-state index contributed by atoms with van der Waals surface area (Å²) in [5.41, 5.74) is 1.35. The number of fused-ring (bicyclic) bond motifs is 1. The van der Waals surface area contributed by atoms with Gasteiger partial charge in [-0.2, -0.15) is 4.52 Å². The summed E-state index contributed by atoms with van der Waals surface area (Å²) in [4.78, 5) is 4.91. The second kappa shape index (κ2) is 8.67. The van der Waals surface area contributed by atoms with Crippen LogP contribution in [0.3, 0.4) is 0 Å². The Hall–Kier alpha value is -1.93. The van der Waals surface area contributed by atoms with Crippen LogP contribution in [0, 0.1) is 0 Å². The average molecular weight is 448 g/mol. The molecule has 0 aliphatic carbocycles. The van der Waals surface area contributed by atoms with Crippen molar-refractivity contribution in [3.63, 3.8) is 0 Å². The van der Waals surface area contributed by atoms with Gasteiger partial charge in [-0.05, 0) is 57.6 Å². The molecule has 2 aromatic heterocycles. The molecule has 3 aromatic rings. The lowest BCUT2D eigenvalue weighted by Gasteiger charge is -2.35. The number of rotatable bonds is 6. The van der Waals surface area contributed by atoms with E-state index in [0.29, 0.717) is 21.5 Å². The van der Waals surface area contributed by atoms with Gasteiger partial charge in [0.05, 0.1) is 0 Å². The van der Waals surface area contributed by atoms with Gasteiger partial charge in [0.15, 0.2) is 11.5 Å². The topological polar surface area (TPSA) is 61.6 Å². The molecule has 1 saturated heterocycles. The summed E-state index contributed by atoms with van der Waals surface area (Å²) < 4.78 is 1.72. The summed E-state index contributed by atoms with van der Waals surface area (Å²) >= 11 is 12.3. The maximum atomic E-state index is 6.16. The molecule has 0 bridgehead atoms. The normalized spacial score (nSPS) is 16.3. The number of piperazine rings is 1. The Morgan fingerprint density at radius 1 is 1.00 bits per heavy atom. The highest BCUT2D eigenvalue weighted by Crippen LogP contribution is 2.27. The smallest absolute Gasteiger partial charge is 0.185 e. The summed E-state index contributed by atoms with van der Waals surface area (Å²) in [5.74, 6) is 1.38. The number of nitrogens with zero attached hydrogens (tertiary/aromatic N) is 6. The third kappa shape index (κ3) is 5.03. The van der Waals surface area contributed by atoms with Gasteiger partial charge in [-0.1, -0.05) is 23.2 Å². The number of hydrogen-bond acceptors (Lipinski definition) is 6. The average Bonchev–Trinajstić information content (AvgIpc) is 3.10. The largest absolute Gasteiger partial charge is 0.364 e. The van der Waals surface area contributed by atoms with Gasteiger partial charge < -0.3 is 15.1 Å². The third-order valence-corrected chi connectivity index (χ3v) is 5.94. The van der Waals surface area contributed by atoms with E-state index in [1.807, 2.05) is 24.3 Å². The lowest BCUT2D eigenvalue weighted by molar-refractivity contribution is 0.147. The number of anilines is 1. The highest BCUT2D eigenvalue weighted by molar-refractivity contribution is 6.35. The molecule has 3 heterocycles. The molecular weight excluding hydrogens is 421 g/mol. The van der Waals surface area contributed by atoms with Crippen LogP contribution in [0.15, 0.2) is 30.3 Å². The van der Waals surface area contributed by atoms with Gasteiger partial charge in [-0.15, -0.1) is 15.3 Å². The molecule has 1 aromatic carbocycles. The van der Waals surface area contributed by atoms with Gasteiger partial charge in [-0.3, -0.25) is 0 Å². The van der Waals surface area contributed by atoms with Crippen molar-refractivity contribution in [1.82, 2.24) is 29.6 Å². The Bertz CT molecular complexity index is 1010. The van der Waals surface area contributed by atoms with Gasteiger partial charge in [0.25, 0.3) is 0 Å². The highest BCUT2D eigenvalue weighted by atomic mass is 35.5. The van der Waals surface area contributed by atoms with Gasteiger partial charge in [0.1, 0.15) is 5.82 Å². The van der Waals surface area contributed by atoms with Crippen LogP contribution in [0.4, 0.5) is 5.82 Å². The van der Waals surface area contributed by atoms with Gasteiger partial charge in [-0.25, -0.2) is 0 Å². The van der Waals surface area contributed by atoms with Crippen molar-refractivity contribution in [1.29, 1.82) is 0 Å². The van der Waals surface area contributed by atoms with Crippen LogP contribution in [0.2, 0.25) is 10.0 Å². The predicted octanol–water partition coefficient (Wildman–Crippen LogP) is 3.93. The summed E-state index contributed by atoms with van der Waals surface area (Å²) in [5, 5.41) is 17.9. The molecule has 4 rings (SSSR count). The van der Waals surface area contributed by atoms with E-state index in [9.17, 15) is 0 Å². The summed E-state index contributed by atoms with van der Waals surface area (Å²) in [6.45, 7) is 10.0. The van der Waals surface area contributed by atoms with Crippen molar-refractivity contribution in [3.8, 4) is 11.4 Å². The highest BCUT2D eigenvalue weighted by Gasteiger charge is 2.22. The monoisotopic (exact) mass is 447 g/mol. The zero-order valence-corrected chi connectivity index (χ0v) is 19.1. The molecule has 0 amide bonds. The van der Waals surface area contributed by atoms with E-state index in [0.717, 1.165) is 50.5 Å². The van der Waals surface area contributed by atoms with Crippen molar-refractivity contribution in [2.75, 3.05) is 45.1 Å². The molecule has 30 heavy (non-hydrogen) atoms. The second-order valence-corrected chi connectivity index (χ2v) is 9.45. The fourth-order valence-electron chi connectivity index (χ4n) is 3.64. The fourth-order valence-corrected chi connectivity index (χ4v) is 4.16.